The Hall–Kier alpha value is -0.900. The Kier molecular flexibility index (Phi) is 2.82. The van der Waals surface area contributed by atoms with E-state index in [2.05, 4.69) is 4.90 Å². The van der Waals surface area contributed by atoms with Crippen LogP contribution in [0.15, 0.2) is 0 Å². The van der Waals surface area contributed by atoms with Gasteiger partial charge in [0.2, 0.25) is 0 Å². The Morgan fingerprint density at radius 1 is 1.14 bits per heavy atom. The fourth-order valence-corrected chi connectivity index (χ4v) is 2.33. The van der Waals surface area contributed by atoms with Gasteiger partial charge < -0.3 is 4.90 Å². The SMILES string of the molecule is O=[C]N1CCCC(=O)C1N1CCCC1. The quantitative estimate of drug-likeness (QED) is 0.629. The number of carbonyl (C=O) groups is 1. The second-order valence-corrected chi connectivity index (χ2v) is 3.97. The molecule has 4 heteroatoms. The number of carbonyl (C=O) groups excluding carboxylic acids is 2. The Bertz CT molecular complexity index is 236. The van der Waals surface area contributed by atoms with Gasteiger partial charge in [0.25, 0.3) is 0 Å². The van der Waals surface area contributed by atoms with E-state index >= 15 is 0 Å². The number of hydrogen-bond acceptors (Lipinski definition) is 3. The summed E-state index contributed by atoms with van der Waals surface area (Å²) in [5.74, 6) is 0.182. The molecule has 0 aromatic carbocycles. The molecule has 1 atom stereocenters. The van der Waals surface area contributed by atoms with E-state index in [1.54, 1.807) is 0 Å². The molecule has 2 fully saturated rings. The first kappa shape index (κ1) is 9.65. The maximum absolute atomic E-state index is 11.7. The minimum atomic E-state index is -0.302. The normalized spacial score (nSPS) is 29.6. The van der Waals surface area contributed by atoms with Crippen molar-refractivity contribution in [3.63, 3.8) is 0 Å². The van der Waals surface area contributed by atoms with E-state index in [0.29, 0.717) is 13.0 Å². The number of ketones is 1. The van der Waals surface area contributed by atoms with Crippen LogP contribution < -0.4 is 0 Å². The van der Waals surface area contributed by atoms with Crippen molar-refractivity contribution >= 4 is 12.2 Å². The Labute approximate surface area is 83.9 Å². The molecule has 77 valence electrons. The standard InChI is InChI=1S/C10H15N2O2/c13-8-12-7-3-4-9(14)10(12)11-5-1-2-6-11/h10H,1-7H2. The van der Waals surface area contributed by atoms with E-state index in [4.69, 9.17) is 0 Å². The van der Waals surface area contributed by atoms with Crippen LogP contribution in [-0.2, 0) is 9.59 Å². The second-order valence-electron chi connectivity index (χ2n) is 3.97. The van der Waals surface area contributed by atoms with Gasteiger partial charge in [0.1, 0.15) is 6.17 Å². The molecule has 2 rings (SSSR count). The molecule has 2 saturated heterocycles. The maximum Gasteiger partial charge on any atom is 0.313 e. The van der Waals surface area contributed by atoms with Gasteiger partial charge in [-0.2, -0.15) is 0 Å². The first-order valence-corrected chi connectivity index (χ1v) is 5.24. The van der Waals surface area contributed by atoms with Gasteiger partial charge in [-0.05, 0) is 19.3 Å². The minimum Gasteiger partial charge on any atom is -0.312 e. The molecule has 2 aliphatic heterocycles. The first-order valence-electron chi connectivity index (χ1n) is 5.24. The predicted octanol–water partition coefficient (Wildman–Crippen LogP) is 0.140. The van der Waals surface area contributed by atoms with Crippen molar-refractivity contribution in [2.45, 2.75) is 31.8 Å². The van der Waals surface area contributed by atoms with Crippen LogP contribution in [0.5, 0.6) is 0 Å². The molecule has 0 aliphatic carbocycles. The number of rotatable bonds is 2. The summed E-state index contributed by atoms with van der Waals surface area (Å²) in [6.45, 7) is 2.56. The Morgan fingerprint density at radius 3 is 2.50 bits per heavy atom. The minimum absolute atomic E-state index is 0.182. The first-order chi connectivity index (χ1) is 6.83. The molecule has 0 bridgehead atoms. The highest BCUT2D eigenvalue weighted by molar-refractivity contribution is 5.86. The lowest BCUT2D eigenvalue weighted by atomic mass is 10.1. The number of amides is 1. The van der Waals surface area contributed by atoms with E-state index in [9.17, 15) is 9.59 Å². The zero-order chi connectivity index (χ0) is 9.97. The molecule has 4 nitrogen and oxygen atoms in total. The number of piperidine rings is 1. The average molecular weight is 195 g/mol. The van der Waals surface area contributed by atoms with Crippen LogP contribution in [0, 0.1) is 0 Å². The third-order valence-corrected chi connectivity index (χ3v) is 3.01. The molecule has 14 heavy (non-hydrogen) atoms. The smallest absolute Gasteiger partial charge is 0.312 e. The highest BCUT2D eigenvalue weighted by Crippen LogP contribution is 2.20. The topological polar surface area (TPSA) is 40.6 Å². The number of likely N-dealkylation sites (tertiary alicyclic amines) is 2. The van der Waals surface area contributed by atoms with Gasteiger partial charge in [-0.1, -0.05) is 0 Å². The van der Waals surface area contributed by atoms with Gasteiger partial charge in [0, 0.05) is 26.1 Å². The van der Waals surface area contributed by atoms with Gasteiger partial charge in [-0.3, -0.25) is 14.5 Å². The fraction of sp³-hybridized carbons (Fsp3) is 0.800. The van der Waals surface area contributed by atoms with Crippen LogP contribution >= 0.6 is 0 Å². The second kappa shape index (κ2) is 4.09. The summed E-state index contributed by atoms with van der Waals surface area (Å²) >= 11 is 0. The van der Waals surface area contributed by atoms with Gasteiger partial charge in [0.15, 0.2) is 5.78 Å². The van der Waals surface area contributed by atoms with Crippen LogP contribution in [0.1, 0.15) is 25.7 Å². The molecule has 0 aromatic rings. The number of nitrogens with zero attached hydrogens (tertiary/aromatic N) is 2. The van der Waals surface area contributed by atoms with E-state index in [-0.39, 0.29) is 11.9 Å². The van der Waals surface area contributed by atoms with Crippen molar-refractivity contribution in [3.8, 4) is 0 Å². The molecule has 0 spiro atoms. The predicted molar refractivity (Wildman–Crippen MR) is 51.2 cm³/mol. The van der Waals surface area contributed by atoms with Crippen LogP contribution in [0.3, 0.4) is 0 Å². The van der Waals surface area contributed by atoms with Gasteiger partial charge in [0.05, 0.1) is 0 Å². The summed E-state index contributed by atoms with van der Waals surface area (Å²) in [6.07, 6.45) is 5.25. The van der Waals surface area contributed by atoms with Crippen LogP contribution in [0.2, 0.25) is 0 Å². The number of hydrogen-bond donors (Lipinski definition) is 0. The van der Waals surface area contributed by atoms with E-state index in [0.717, 1.165) is 32.4 Å². The van der Waals surface area contributed by atoms with Crippen LogP contribution in [0.25, 0.3) is 0 Å². The monoisotopic (exact) mass is 195 g/mol. The van der Waals surface area contributed by atoms with Gasteiger partial charge in [-0.25, -0.2) is 0 Å². The van der Waals surface area contributed by atoms with Crippen LogP contribution in [0.4, 0.5) is 0 Å². The summed E-state index contributed by atoms with van der Waals surface area (Å²) in [5, 5.41) is 0. The lowest BCUT2D eigenvalue weighted by Gasteiger charge is -2.36. The summed E-state index contributed by atoms with van der Waals surface area (Å²) in [4.78, 5) is 26.0. The Balaban J connectivity index is 2.09. The molecule has 0 saturated carbocycles. The van der Waals surface area contributed by atoms with Crippen molar-refractivity contribution in [1.82, 2.24) is 9.80 Å². The summed E-state index contributed by atoms with van der Waals surface area (Å²) in [6, 6.07) is 0. The van der Waals surface area contributed by atoms with Crippen molar-refractivity contribution in [2.75, 3.05) is 19.6 Å². The molecule has 0 N–H and O–H groups in total. The molecule has 2 aliphatic rings. The molecule has 2 heterocycles. The zero-order valence-corrected chi connectivity index (χ0v) is 8.24. The zero-order valence-electron chi connectivity index (χ0n) is 8.24. The molecule has 1 unspecified atom stereocenters. The molecule has 1 radical (unpaired) electrons. The van der Waals surface area contributed by atoms with E-state index in [1.165, 1.54) is 4.90 Å². The van der Waals surface area contributed by atoms with Crippen molar-refractivity contribution < 1.29 is 9.59 Å². The third kappa shape index (κ3) is 1.66. The highest BCUT2D eigenvalue weighted by Gasteiger charge is 2.35. The van der Waals surface area contributed by atoms with Gasteiger partial charge >= 0.3 is 6.41 Å². The molecule has 0 aromatic heterocycles. The van der Waals surface area contributed by atoms with Crippen molar-refractivity contribution in [1.29, 1.82) is 0 Å². The van der Waals surface area contributed by atoms with E-state index in [1.807, 2.05) is 6.41 Å². The van der Waals surface area contributed by atoms with Crippen LogP contribution in [-0.4, -0.2) is 47.8 Å². The summed E-state index contributed by atoms with van der Waals surface area (Å²) in [7, 11) is 0. The largest absolute Gasteiger partial charge is 0.313 e. The Morgan fingerprint density at radius 2 is 1.86 bits per heavy atom. The third-order valence-electron chi connectivity index (χ3n) is 3.01. The molecule has 1 amide bonds. The molecular formula is C10H15N2O2. The number of Topliss-reactive ketones (excluding diaryl/α,β-unsaturated/α-hetero) is 1. The van der Waals surface area contributed by atoms with Crippen molar-refractivity contribution in [3.05, 3.63) is 0 Å². The maximum atomic E-state index is 11.7. The fourth-order valence-electron chi connectivity index (χ4n) is 2.33. The lowest BCUT2D eigenvalue weighted by Crippen LogP contribution is -2.54. The molecular weight excluding hydrogens is 180 g/mol. The lowest BCUT2D eigenvalue weighted by molar-refractivity contribution is -0.131. The van der Waals surface area contributed by atoms with E-state index < -0.39 is 0 Å². The summed E-state index contributed by atoms with van der Waals surface area (Å²) < 4.78 is 0. The summed E-state index contributed by atoms with van der Waals surface area (Å²) in [5.41, 5.74) is 0. The highest BCUT2D eigenvalue weighted by atomic mass is 16.2. The van der Waals surface area contributed by atoms with Crippen molar-refractivity contribution in [2.24, 2.45) is 0 Å². The average Bonchev–Trinajstić information content (AvgIpc) is 2.70. The van der Waals surface area contributed by atoms with Gasteiger partial charge in [-0.15, -0.1) is 0 Å².